The highest BCUT2D eigenvalue weighted by Crippen LogP contribution is 2.28. The molecule has 0 amide bonds. The first kappa shape index (κ1) is 10.8. The summed E-state index contributed by atoms with van der Waals surface area (Å²) >= 11 is 6.91. The lowest BCUT2D eigenvalue weighted by molar-refractivity contribution is 1.28. The molecule has 0 N–H and O–H groups in total. The van der Waals surface area contributed by atoms with Gasteiger partial charge in [0, 0.05) is 20.7 Å². The van der Waals surface area contributed by atoms with E-state index in [1.807, 2.05) is 18.3 Å². The summed E-state index contributed by atoms with van der Waals surface area (Å²) in [5.74, 6) is 0. The zero-order valence-corrected chi connectivity index (χ0v) is 11.3. The Morgan fingerprint density at radius 1 is 1.13 bits per heavy atom. The minimum Gasteiger partial charge on any atom is -0.254 e. The molecular formula is C12H9Br2N. The Morgan fingerprint density at radius 3 is 2.60 bits per heavy atom. The van der Waals surface area contributed by atoms with E-state index in [0.717, 1.165) is 20.2 Å². The SMILES string of the molecule is Cc1cccc(-c2ncc(Br)cc2Br)c1. The number of pyridine rings is 1. The van der Waals surface area contributed by atoms with E-state index < -0.39 is 0 Å². The van der Waals surface area contributed by atoms with Crippen molar-refractivity contribution in [1.82, 2.24) is 4.98 Å². The topological polar surface area (TPSA) is 12.9 Å². The number of rotatable bonds is 1. The second-order valence-corrected chi connectivity index (χ2v) is 5.12. The highest BCUT2D eigenvalue weighted by Gasteiger charge is 2.04. The molecule has 1 aromatic heterocycles. The maximum absolute atomic E-state index is 4.40. The van der Waals surface area contributed by atoms with Crippen LogP contribution in [0.2, 0.25) is 0 Å². The maximum atomic E-state index is 4.40. The number of nitrogens with zero attached hydrogens (tertiary/aromatic N) is 1. The van der Waals surface area contributed by atoms with Crippen LogP contribution in [-0.4, -0.2) is 4.98 Å². The largest absolute Gasteiger partial charge is 0.254 e. The summed E-state index contributed by atoms with van der Waals surface area (Å²) in [5.41, 5.74) is 3.35. The summed E-state index contributed by atoms with van der Waals surface area (Å²) in [6.45, 7) is 2.08. The smallest absolute Gasteiger partial charge is 0.0844 e. The molecule has 1 aromatic carbocycles. The average Bonchev–Trinajstić information content (AvgIpc) is 2.17. The fraction of sp³-hybridized carbons (Fsp3) is 0.0833. The van der Waals surface area contributed by atoms with Gasteiger partial charge >= 0.3 is 0 Å². The maximum Gasteiger partial charge on any atom is 0.0844 e. The number of hydrogen-bond donors (Lipinski definition) is 0. The third kappa shape index (κ3) is 2.47. The molecule has 15 heavy (non-hydrogen) atoms. The molecule has 3 heteroatoms. The van der Waals surface area contributed by atoms with Crippen molar-refractivity contribution < 1.29 is 0 Å². The second-order valence-electron chi connectivity index (χ2n) is 3.35. The molecule has 0 aliphatic carbocycles. The molecule has 0 saturated heterocycles. The number of hydrogen-bond acceptors (Lipinski definition) is 1. The fourth-order valence-electron chi connectivity index (χ4n) is 1.42. The lowest BCUT2D eigenvalue weighted by atomic mass is 10.1. The van der Waals surface area contributed by atoms with Crippen molar-refractivity contribution in [3.63, 3.8) is 0 Å². The van der Waals surface area contributed by atoms with E-state index in [2.05, 4.69) is 62.0 Å². The normalized spacial score (nSPS) is 10.3. The zero-order chi connectivity index (χ0) is 10.8. The Labute approximate surface area is 106 Å². The Morgan fingerprint density at radius 2 is 1.93 bits per heavy atom. The van der Waals surface area contributed by atoms with Crippen LogP contribution in [0, 0.1) is 6.92 Å². The van der Waals surface area contributed by atoms with Gasteiger partial charge in [-0.25, -0.2) is 0 Å². The Balaban J connectivity index is 2.54. The predicted octanol–water partition coefficient (Wildman–Crippen LogP) is 4.58. The van der Waals surface area contributed by atoms with E-state index in [1.165, 1.54) is 5.56 Å². The molecular weight excluding hydrogens is 318 g/mol. The van der Waals surface area contributed by atoms with Gasteiger partial charge in [0.1, 0.15) is 0 Å². The second kappa shape index (κ2) is 4.45. The number of benzene rings is 1. The van der Waals surface area contributed by atoms with E-state index in [1.54, 1.807) is 0 Å². The van der Waals surface area contributed by atoms with Gasteiger partial charge in [0.15, 0.2) is 0 Å². The van der Waals surface area contributed by atoms with Gasteiger partial charge in [0.05, 0.1) is 5.69 Å². The third-order valence-electron chi connectivity index (χ3n) is 2.10. The molecule has 2 aromatic rings. The summed E-state index contributed by atoms with van der Waals surface area (Å²) in [7, 11) is 0. The van der Waals surface area contributed by atoms with Gasteiger partial charge in [-0.2, -0.15) is 0 Å². The lowest BCUT2D eigenvalue weighted by Gasteiger charge is -2.04. The fourth-order valence-corrected chi connectivity index (χ4v) is 2.64. The van der Waals surface area contributed by atoms with Crippen molar-refractivity contribution in [2.45, 2.75) is 6.92 Å². The first-order chi connectivity index (χ1) is 7.16. The highest BCUT2D eigenvalue weighted by atomic mass is 79.9. The summed E-state index contributed by atoms with van der Waals surface area (Å²) in [6, 6.07) is 10.3. The van der Waals surface area contributed by atoms with Crippen LogP contribution >= 0.6 is 31.9 Å². The Hall–Kier alpha value is -0.670. The molecule has 0 aliphatic heterocycles. The molecule has 1 nitrogen and oxygen atoms in total. The van der Waals surface area contributed by atoms with Crippen molar-refractivity contribution in [2.24, 2.45) is 0 Å². The Bertz CT molecular complexity index is 495. The molecule has 0 atom stereocenters. The molecule has 2 rings (SSSR count). The van der Waals surface area contributed by atoms with Gasteiger partial charge in [-0.15, -0.1) is 0 Å². The number of aryl methyl sites for hydroxylation is 1. The van der Waals surface area contributed by atoms with Gasteiger partial charge in [0.25, 0.3) is 0 Å². The average molecular weight is 327 g/mol. The van der Waals surface area contributed by atoms with E-state index in [9.17, 15) is 0 Å². The van der Waals surface area contributed by atoms with Crippen molar-refractivity contribution in [3.8, 4) is 11.3 Å². The monoisotopic (exact) mass is 325 g/mol. The first-order valence-corrected chi connectivity index (χ1v) is 6.13. The van der Waals surface area contributed by atoms with Crippen LogP contribution in [0.15, 0.2) is 45.5 Å². The van der Waals surface area contributed by atoms with Gasteiger partial charge in [-0.3, -0.25) is 4.98 Å². The quantitative estimate of drug-likeness (QED) is 0.747. The Kier molecular flexibility index (Phi) is 3.22. The molecule has 0 unspecified atom stereocenters. The summed E-state index contributed by atoms with van der Waals surface area (Å²) < 4.78 is 1.98. The predicted molar refractivity (Wildman–Crippen MR) is 69.8 cm³/mol. The van der Waals surface area contributed by atoms with Crippen LogP contribution in [0.1, 0.15) is 5.56 Å². The van der Waals surface area contributed by atoms with Gasteiger partial charge < -0.3 is 0 Å². The molecule has 0 aliphatic rings. The molecule has 0 saturated carbocycles. The van der Waals surface area contributed by atoms with Crippen LogP contribution in [-0.2, 0) is 0 Å². The van der Waals surface area contributed by atoms with Crippen molar-refractivity contribution >= 4 is 31.9 Å². The molecule has 0 bridgehead atoms. The van der Waals surface area contributed by atoms with Crippen LogP contribution in [0.25, 0.3) is 11.3 Å². The molecule has 0 radical (unpaired) electrons. The highest BCUT2D eigenvalue weighted by molar-refractivity contribution is 9.11. The number of halogens is 2. The van der Waals surface area contributed by atoms with Gasteiger partial charge in [0.2, 0.25) is 0 Å². The number of aromatic nitrogens is 1. The van der Waals surface area contributed by atoms with Crippen LogP contribution in [0.5, 0.6) is 0 Å². The molecule has 0 spiro atoms. The van der Waals surface area contributed by atoms with Crippen LogP contribution in [0.4, 0.5) is 0 Å². The molecule has 1 heterocycles. The summed E-state index contributed by atoms with van der Waals surface area (Å²) in [5, 5.41) is 0. The van der Waals surface area contributed by atoms with E-state index >= 15 is 0 Å². The standard InChI is InChI=1S/C12H9Br2N/c1-8-3-2-4-9(5-8)12-11(14)6-10(13)7-15-12/h2-7H,1H3. The summed E-state index contributed by atoms with van der Waals surface area (Å²) in [4.78, 5) is 4.40. The van der Waals surface area contributed by atoms with E-state index in [-0.39, 0.29) is 0 Å². The minimum absolute atomic E-state index is 0.974. The third-order valence-corrected chi connectivity index (χ3v) is 3.14. The van der Waals surface area contributed by atoms with Crippen molar-refractivity contribution in [2.75, 3.05) is 0 Å². The zero-order valence-electron chi connectivity index (χ0n) is 8.17. The van der Waals surface area contributed by atoms with Crippen molar-refractivity contribution in [3.05, 3.63) is 51.0 Å². The van der Waals surface area contributed by atoms with E-state index in [0.29, 0.717) is 0 Å². The van der Waals surface area contributed by atoms with Gasteiger partial charge in [-0.1, -0.05) is 23.8 Å². The molecule has 76 valence electrons. The summed E-state index contributed by atoms with van der Waals surface area (Å²) in [6.07, 6.45) is 1.81. The van der Waals surface area contributed by atoms with Crippen LogP contribution in [0.3, 0.4) is 0 Å². The van der Waals surface area contributed by atoms with Gasteiger partial charge in [-0.05, 0) is 50.9 Å². The van der Waals surface area contributed by atoms with E-state index in [4.69, 9.17) is 0 Å². The lowest BCUT2D eigenvalue weighted by Crippen LogP contribution is -1.85. The van der Waals surface area contributed by atoms with Crippen LogP contribution < -0.4 is 0 Å². The molecule has 0 fully saturated rings. The van der Waals surface area contributed by atoms with Crippen molar-refractivity contribution in [1.29, 1.82) is 0 Å². The first-order valence-electron chi connectivity index (χ1n) is 4.55. The minimum atomic E-state index is 0.974.